The van der Waals surface area contributed by atoms with Crippen LogP contribution in [0.5, 0.6) is 17.2 Å². The molecule has 0 fully saturated rings. The van der Waals surface area contributed by atoms with E-state index in [4.69, 9.17) is 19.9 Å². The molecule has 0 aliphatic rings. The Morgan fingerprint density at radius 2 is 1.96 bits per heavy atom. The number of nitrogens with one attached hydrogen (secondary N) is 2. The largest absolute Gasteiger partial charge is 0.497 e. The molecule has 3 aromatic rings. The molecule has 0 amide bonds. The summed E-state index contributed by atoms with van der Waals surface area (Å²) in [5, 5.41) is 10.5. The van der Waals surface area contributed by atoms with Gasteiger partial charge in [0, 0.05) is 11.8 Å². The molecule has 0 saturated carbocycles. The average molecular weight is 383 g/mol. The second kappa shape index (κ2) is 9.09. The number of benzene rings is 2. The normalized spacial score (nSPS) is 11.7. The summed E-state index contributed by atoms with van der Waals surface area (Å²) < 4.78 is 16.2. The van der Waals surface area contributed by atoms with E-state index in [0.717, 1.165) is 17.0 Å². The number of H-pyrrole nitrogens is 1. The first kappa shape index (κ1) is 19.5. The second-order valence-corrected chi connectivity index (χ2v) is 6.05. The van der Waals surface area contributed by atoms with Gasteiger partial charge in [-0.05, 0) is 36.8 Å². The summed E-state index contributed by atoms with van der Waals surface area (Å²) in [6, 6.07) is 12.8. The summed E-state index contributed by atoms with van der Waals surface area (Å²) >= 11 is 0. The third-order valence-corrected chi connectivity index (χ3v) is 4.20. The number of nitrogens with two attached hydrogens (primary N) is 1. The molecule has 28 heavy (non-hydrogen) atoms. The Balaban J connectivity index is 1.69. The van der Waals surface area contributed by atoms with Crippen molar-refractivity contribution in [2.24, 2.45) is 5.73 Å². The molecule has 1 atom stereocenters. The topological polar surface area (TPSA) is 107 Å². The zero-order valence-corrected chi connectivity index (χ0v) is 16.2. The molecule has 4 N–H and O–H groups in total. The predicted octanol–water partition coefficient (Wildman–Crippen LogP) is 2.88. The molecule has 8 nitrogen and oxygen atoms in total. The first-order chi connectivity index (χ1) is 13.6. The minimum atomic E-state index is -0.480. The fourth-order valence-corrected chi connectivity index (χ4v) is 2.75. The number of anilines is 1. The van der Waals surface area contributed by atoms with E-state index in [9.17, 15) is 0 Å². The van der Waals surface area contributed by atoms with E-state index in [1.807, 2.05) is 49.4 Å². The Kier molecular flexibility index (Phi) is 6.33. The van der Waals surface area contributed by atoms with Crippen LogP contribution < -0.4 is 25.3 Å². The van der Waals surface area contributed by atoms with Gasteiger partial charge in [0.15, 0.2) is 17.3 Å². The predicted molar refractivity (Wildman–Crippen MR) is 107 cm³/mol. The fourth-order valence-electron chi connectivity index (χ4n) is 2.75. The molecule has 8 heteroatoms. The number of rotatable bonds is 9. The van der Waals surface area contributed by atoms with E-state index in [-0.39, 0.29) is 0 Å². The van der Waals surface area contributed by atoms with Gasteiger partial charge in [-0.1, -0.05) is 12.1 Å². The number of ether oxygens (including phenoxy) is 3. The van der Waals surface area contributed by atoms with Gasteiger partial charge in [0.05, 0.1) is 33.4 Å². The minimum Gasteiger partial charge on any atom is -0.497 e. The monoisotopic (exact) mass is 383 g/mol. The second-order valence-electron chi connectivity index (χ2n) is 6.05. The fraction of sp³-hybridized carbons (Fsp3) is 0.300. The molecule has 1 heterocycles. The van der Waals surface area contributed by atoms with Crippen molar-refractivity contribution in [1.29, 1.82) is 0 Å². The Morgan fingerprint density at radius 3 is 2.71 bits per heavy atom. The van der Waals surface area contributed by atoms with Crippen molar-refractivity contribution in [3.8, 4) is 17.2 Å². The van der Waals surface area contributed by atoms with Crippen LogP contribution in [0.15, 0.2) is 42.5 Å². The van der Waals surface area contributed by atoms with Gasteiger partial charge >= 0.3 is 0 Å². The van der Waals surface area contributed by atoms with Crippen molar-refractivity contribution in [3.05, 3.63) is 59.7 Å². The van der Waals surface area contributed by atoms with Crippen molar-refractivity contribution in [2.75, 3.05) is 26.1 Å². The first-order valence-electron chi connectivity index (χ1n) is 9.00. The molecule has 0 aliphatic carbocycles. The quantitative estimate of drug-likeness (QED) is 0.521. The number of aromatic amines is 1. The summed E-state index contributed by atoms with van der Waals surface area (Å²) in [6.07, 6.45) is 0. The first-order valence-corrected chi connectivity index (χ1v) is 9.00. The van der Waals surface area contributed by atoms with Crippen LogP contribution in [0.2, 0.25) is 0 Å². The lowest BCUT2D eigenvalue weighted by Gasteiger charge is -2.13. The third-order valence-electron chi connectivity index (χ3n) is 4.20. The molecule has 148 valence electrons. The lowest BCUT2D eigenvalue weighted by atomic mass is 10.1. The number of hydrogen-bond acceptors (Lipinski definition) is 7. The molecular weight excluding hydrogens is 358 g/mol. The van der Waals surface area contributed by atoms with Crippen molar-refractivity contribution in [3.63, 3.8) is 0 Å². The van der Waals surface area contributed by atoms with Crippen LogP contribution in [-0.2, 0) is 6.54 Å². The van der Waals surface area contributed by atoms with Crippen molar-refractivity contribution in [1.82, 2.24) is 15.2 Å². The molecule has 0 aliphatic heterocycles. The highest BCUT2D eigenvalue weighted by atomic mass is 16.5. The van der Waals surface area contributed by atoms with Gasteiger partial charge < -0.3 is 25.3 Å². The average Bonchev–Trinajstić information content (AvgIpc) is 3.21. The lowest BCUT2D eigenvalue weighted by Crippen LogP contribution is -2.14. The molecule has 0 bridgehead atoms. The summed E-state index contributed by atoms with van der Waals surface area (Å²) in [5.41, 5.74) is 8.11. The SMILES string of the molecule is CCOc1ccc(C(N)c2n[nH]c(CNc3cccc(OC)c3)n2)cc1OC. The smallest absolute Gasteiger partial charge is 0.171 e. The van der Waals surface area contributed by atoms with Crippen LogP contribution in [0.1, 0.15) is 30.2 Å². The van der Waals surface area contributed by atoms with Crippen LogP contribution in [-0.4, -0.2) is 36.0 Å². The van der Waals surface area contributed by atoms with Gasteiger partial charge in [0.2, 0.25) is 0 Å². The zero-order chi connectivity index (χ0) is 19.9. The van der Waals surface area contributed by atoms with E-state index in [1.165, 1.54) is 0 Å². The molecule has 3 rings (SSSR count). The van der Waals surface area contributed by atoms with Crippen LogP contribution in [0.3, 0.4) is 0 Å². The van der Waals surface area contributed by atoms with Crippen LogP contribution >= 0.6 is 0 Å². The van der Waals surface area contributed by atoms with E-state index in [1.54, 1.807) is 14.2 Å². The molecule has 1 unspecified atom stereocenters. The van der Waals surface area contributed by atoms with Crippen molar-refractivity contribution >= 4 is 5.69 Å². The number of methoxy groups -OCH3 is 2. The molecule has 0 saturated heterocycles. The van der Waals surface area contributed by atoms with Gasteiger partial charge in [-0.25, -0.2) is 4.98 Å². The molecule has 0 radical (unpaired) electrons. The Bertz CT molecular complexity index is 912. The molecule has 2 aromatic carbocycles. The minimum absolute atomic E-state index is 0.480. The number of hydrogen-bond donors (Lipinski definition) is 3. The Morgan fingerprint density at radius 1 is 1.11 bits per heavy atom. The van der Waals surface area contributed by atoms with Gasteiger partial charge in [0.1, 0.15) is 11.6 Å². The van der Waals surface area contributed by atoms with E-state index < -0.39 is 6.04 Å². The number of nitrogens with zero attached hydrogens (tertiary/aromatic N) is 2. The zero-order valence-electron chi connectivity index (χ0n) is 16.2. The molecule has 1 aromatic heterocycles. The van der Waals surface area contributed by atoms with Gasteiger partial charge in [-0.3, -0.25) is 5.10 Å². The summed E-state index contributed by atoms with van der Waals surface area (Å²) in [6.45, 7) is 2.97. The van der Waals surface area contributed by atoms with E-state index in [2.05, 4.69) is 20.5 Å². The van der Waals surface area contributed by atoms with Crippen LogP contribution in [0.25, 0.3) is 0 Å². The Labute approximate surface area is 164 Å². The number of aromatic nitrogens is 3. The summed E-state index contributed by atoms with van der Waals surface area (Å²) in [4.78, 5) is 4.50. The van der Waals surface area contributed by atoms with E-state index >= 15 is 0 Å². The van der Waals surface area contributed by atoms with Crippen molar-refractivity contribution < 1.29 is 14.2 Å². The maximum absolute atomic E-state index is 6.34. The van der Waals surface area contributed by atoms with Gasteiger partial charge in [-0.2, -0.15) is 5.10 Å². The molecular formula is C20H25N5O3. The highest BCUT2D eigenvalue weighted by molar-refractivity contribution is 5.48. The Hall–Kier alpha value is -3.26. The third kappa shape index (κ3) is 4.52. The van der Waals surface area contributed by atoms with Gasteiger partial charge in [0.25, 0.3) is 0 Å². The summed E-state index contributed by atoms with van der Waals surface area (Å²) in [7, 11) is 3.24. The summed E-state index contributed by atoms with van der Waals surface area (Å²) in [5.74, 6) is 3.29. The van der Waals surface area contributed by atoms with Gasteiger partial charge in [-0.15, -0.1) is 0 Å². The maximum Gasteiger partial charge on any atom is 0.171 e. The van der Waals surface area contributed by atoms with Crippen LogP contribution in [0.4, 0.5) is 5.69 Å². The standard InChI is InChI=1S/C20H25N5O3/c1-4-28-16-9-8-13(10-17(16)27-3)19(21)20-23-18(24-25-20)12-22-14-6-5-7-15(11-14)26-2/h5-11,19,22H,4,12,21H2,1-3H3,(H,23,24,25). The van der Waals surface area contributed by atoms with E-state index in [0.29, 0.717) is 36.3 Å². The highest BCUT2D eigenvalue weighted by Gasteiger charge is 2.17. The highest BCUT2D eigenvalue weighted by Crippen LogP contribution is 2.31. The van der Waals surface area contributed by atoms with Crippen molar-refractivity contribution in [2.45, 2.75) is 19.5 Å². The molecule has 0 spiro atoms. The maximum atomic E-state index is 6.34. The van der Waals surface area contributed by atoms with Crippen LogP contribution in [0, 0.1) is 0 Å². The lowest BCUT2D eigenvalue weighted by molar-refractivity contribution is 0.310.